The van der Waals surface area contributed by atoms with Crippen molar-refractivity contribution in [1.29, 1.82) is 0 Å². The van der Waals surface area contributed by atoms with Crippen molar-refractivity contribution < 1.29 is 19.2 Å². The molecule has 1 saturated heterocycles. The van der Waals surface area contributed by atoms with Crippen LogP contribution in [0.25, 0.3) is 0 Å². The lowest BCUT2D eigenvalue weighted by Crippen LogP contribution is -2.34. The number of carbonyl (C=O) groups is 1. The molecule has 0 aromatic rings. The Morgan fingerprint density at radius 1 is 1.24 bits per heavy atom. The molecule has 0 spiro atoms. The third kappa shape index (κ3) is 11.3. The van der Waals surface area contributed by atoms with E-state index in [1.54, 1.807) is 24.9 Å². The molecule has 0 radical (unpaired) electrons. The lowest BCUT2D eigenvalue weighted by atomic mass is 10.1. The molecule has 2 rings (SSSR count). The van der Waals surface area contributed by atoms with Crippen LogP contribution < -0.4 is 5.32 Å². The Hall–Kier alpha value is -2.91. The molecule has 1 fully saturated rings. The normalized spacial score (nSPS) is 17.1. The summed E-state index contributed by atoms with van der Waals surface area (Å²) < 4.78 is 10.9. The van der Waals surface area contributed by atoms with Gasteiger partial charge in [-0.25, -0.2) is 0 Å². The first-order chi connectivity index (χ1) is 18.0. The molecule has 206 valence electrons. The van der Waals surface area contributed by atoms with Crippen molar-refractivity contribution in [2.24, 2.45) is 0 Å². The van der Waals surface area contributed by atoms with Gasteiger partial charge in [0.1, 0.15) is 12.2 Å². The maximum absolute atomic E-state index is 12.6. The highest BCUT2D eigenvalue weighted by Gasteiger charge is 2.26. The van der Waals surface area contributed by atoms with Crippen LogP contribution in [0, 0.1) is 10.1 Å². The van der Waals surface area contributed by atoms with E-state index in [0.29, 0.717) is 18.8 Å². The van der Waals surface area contributed by atoms with E-state index in [2.05, 4.69) is 41.4 Å². The van der Waals surface area contributed by atoms with Crippen molar-refractivity contribution >= 4 is 5.97 Å². The number of nitro groups is 1. The highest BCUT2D eigenvalue weighted by molar-refractivity contribution is 5.72. The average Bonchev–Trinajstić information content (AvgIpc) is 3.10. The van der Waals surface area contributed by atoms with Crippen LogP contribution in [0.1, 0.15) is 52.4 Å². The predicted octanol–water partition coefficient (Wildman–Crippen LogP) is 4.19. The van der Waals surface area contributed by atoms with E-state index in [4.69, 9.17) is 9.47 Å². The van der Waals surface area contributed by atoms with Gasteiger partial charge < -0.3 is 19.7 Å². The number of likely N-dealkylation sites (tertiary alicyclic amines) is 1. The highest BCUT2D eigenvalue weighted by Crippen LogP contribution is 2.22. The highest BCUT2D eigenvalue weighted by atomic mass is 16.6. The van der Waals surface area contributed by atoms with Crippen LogP contribution >= 0.6 is 0 Å². The smallest absolute Gasteiger partial charge is 0.325 e. The summed E-state index contributed by atoms with van der Waals surface area (Å²) in [7, 11) is 1.61. The SMILES string of the molecule is CCCCOC/C=C(\C(=C/NC)[N+](=O)[O-])N(CC(=O)OCC)CC1=CCC=CC(CN2CCCCC2)=C1. The Kier molecular flexibility index (Phi) is 14.4. The van der Waals surface area contributed by atoms with Gasteiger partial charge in [0, 0.05) is 26.7 Å². The lowest BCUT2D eigenvalue weighted by Gasteiger charge is -2.27. The Morgan fingerprint density at radius 2 is 2.03 bits per heavy atom. The van der Waals surface area contributed by atoms with Crippen molar-refractivity contribution in [1.82, 2.24) is 15.1 Å². The molecule has 0 aromatic carbocycles. The summed E-state index contributed by atoms with van der Waals surface area (Å²) in [6, 6.07) is 0. The van der Waals surface area contributed by atoms with Crippen molar-refractivity contribution in [3.05, 3.63) is 69.2 Å². The van der Waals surface area contributed by atoms with E-state index >= 15 is 0 Å². The lowest BCUT2D eigenvalue weighted by molar-refractivity contribution is -0.423. The van der Waals surface area contributed by atoms with Gasteiger partial charge >= 0.3 is 11.7 Å². The van der Waals surface area contributed by atoms with Gasteiger partial charge in [0.2, 0.25) is 0 Å². The molecule has 37 heavy (non-hydrogen) atoms. The molecule has 1 heterocycles. The van der Waals surface area contributed by atoms with Gasteiger partial charge in [-0.15, -0.1) is 0 Å². The molecule has 1 aliphatic heterocycles. The summed E-state index contributed by atoms with van der Waals surface area (Å²) in [4.78, 5) is 28.4. The molecule has 0 atom stereocenters. The van der Waals surface area contributed by atoms with E-state index in [-0.39, 0.29) is 25.5 Å². The zero-order valence-electron chi connectivity index (χ0n) is 22.7. The molecule has 0 bridgehead atoms. The summed E-state index contributed by atoms with van der Waals surface area (Å²) in [5, 5.41) is 14.8. The molecule has 9 nitrogen and oxygen atoms in total. The topological polar surface area (TPSA) is 97.2 Å². The molecule has 9 heteroatoms. The second-order valence-corrected chi connectivity index (χ2v) is 9.23. The summed E-state index contributed by atoms with van der Waals surface area (Å²) in [6.45, 7) is 8.15. The van der Waals surface area contributed by atoms with Crippen LogP contribution in [0.2, 0.25) is 0 Å². The maximum Gasteiger partial charge on any atom is 0.325 e. The van der Waals surface area contributed by atoms with Crippen molar-refractivity contribution in [2.75, 3.05) is 59.6 Å². The van der Waals surface area contributed by atoms with Gasteiger partial charge in [-0.2, -0.15) is 0 Å². The number of rotatable bonds is 16. The van der Waals surface area contributed by atoms with E-state index in [0.717, 1.165) is 44.5 Å². The summed E-state index contributed by atoms with van der Waals surface area (Å²) in [5.41, 5.74) is 2.41. The van der Waals surface area contributed by atoms with E-state index in [1.165, 1.54) is 31.0 Å². The predicted molar refractivity (Wildman–Crippen MR) is 146 cm³/mol. The third-order valence-corrected chi connectivity index (χ3v) is 6.19. The van der Waals surface area contributed by atoms with Gasteiger partial charge in [-0.05, 0) is 62.9 Å². The minimum absolute atomic E-state index is 0.108. The summed E-state index contributed by atoms with van der Waals surface area (Å²) >= 11 is 0. The summed E-state index contributed by atoms with van der Waals surface area (Å²) in [5.74, 6) is -0.433. The number of hydrogen-bond donors (Lipinski definition) is 1. The monoisotopic (exact) mass is 516 g/mol. The largest absolute Gasteiger partial charge is 0.465 e. The quantitative estimate of drug-likeness (QED) is 0.107. The number of ether oxygens (including phenoxy) is 2. The fraction of sp³-hybridized carbons (Fsp3) is 0.607. The third-order valence-electron chi connectivity index (χ3n) is 6.19. The van der Waals surface area contributed by atoms with Gasteiger partial charge in [0.05, 0.1) is 24.3 Å². The number of nitrogens with one attached hydrogen (secondary N) is 1. The molecule has 0 unspecified atom stereocenters. The van der Waals surface area contributed by atoms with Crippen molar-refractivity contribution in [3.63, 3.8) is 0 Å². The molecule has 1 aliphatic carbocycles. The van der Waals surface area contributed by atoms with Crippen molar-refractivity contribution in [2.45, 2.75) is 52.4 Å². The first kappa shape index (κ1) is 30.3. The second-order valence-electron chi connectivity index (χ2n) is 9.23. The number of hydrogen-bond acceptors (Lipinski definition) is 8. The van der Waals surface area contributed by atoms with E-state index in [9.17, 15) is 14.9 Å². The molecule has 0 saturated carbocycles. The maximum atomic E-state index is 12.6. The van der Waals surface area contributed by atoms with Gasteiger partial charge in [0.15, 0.2) is 0 Å². The van der Waals surface area contributed by atoms with Crippen LogP contribution in [-0.2, 0) is 14.3 Å². The molecular weight excluding hydrogens is 472 g/mol. The fourth-order valence-corrected chi connectivity index (χ4v) is 4.40. The first-order valence-corrected chi connectivity index (χ1v) is 13.5. The molecule has 0 aromatic heterocycles. The number of piperidine rings is 1. The Morgan fingerprint density at radius 3 is 2.70 bits per heavy atom. The van der Waals surface area contributed by atoms with Crippen LogP contribution in [-0.4, -0.2) is 80.3 Å². The van der Waals surface area contributed by atoms with Gasteiger partial charge in [0.25, 0.3) is 0 Å². The Labute approximate surface area is 221 Å². The molecule has 0 amide bonds. The Balaban J connectivity index is 2.34. The zero-order valence-corrected chi connectivity index (χ0v) is 22.7. The average molecular weight is 517 g/mol. The standard InChI is InChI=1S/C28H44N4O5/c1-4-6-17-36-18-14-26(27(20-29-3)32(34)35)31(23-28(33)37-5-2)22-25-13-9-8-12-24(19-25)21-30-15-10-7-11-16-30/h8,12-14,19-20,29H,4-7,9-11,15-18,21-23H2,1-3H3/b26-14+,27-20+. The fourth-order valence-electron chi connectivity index (χ4n) is 4.40. The van der Waals surface area contributed by atoms with Crippen LogP contribution in [0.5, 0.6) is 0 Å². The number of allylic oxidation sites excluding steroid dienone is 2. The minimum Gasteiger partial charge on any atom is -0.465 e. The van der Waals surface area contributed by atoms with Gasteiger partial charge in [-0.1, -0.05) is 44.1 Å². The molecular formula is C28H44N4O5. The van der Waals surface area contributed by atoms with Crippen LogP contribution in [0.15, 0.2) is 59.1 Å². The number of unbranched alkanes of at least 4 members (excludes halogenated alkanes) is 1. The first-order valence-electron chi connectivity index (χ1n) is 13.5. The number of esters is 1. The minimum atomic E-state index is -0.437. The zero-order chi connectivity index (χ0) is 26.9. The van der Waals surface area contributed by atoms with E-state index < -0.39 is 10.9 Å². The van der Waals surface area contributed by atoms with E-state index in [1.807, 2.05) is 0 Å². The van der Waals surface area contributed by atoms with Gasteiger partial charge in [-0.3, -0.25) is 19.8 Å². The summed E-state index contributed by atoms with van der Waals surface area (Å²) in [6.07, 6.45) is 18.0. The number of carbonyl (C=O) groups excluding carboxylic acids is 1. The second kappa shape index (κ2) is 17.5. The Bertz CT molecular complexity index is 885. The van der Waals surface area contributed by atoms with Crippen LogP contribution in [0.3, 0.4) is 0 Å². The molecule has 1 N–H and O–H groups in total. The van der Waals surface area contributed by atoms with Crippen molar-refractivity contribution in [3.8, 4) is 0 Å². The molecule has 2 aliphatic rings. The van der Waals surface area contributed by atoms with Crippen LogP contribution in [0.4, 0.5) is 0 Å². The number of nitrogens with zero attached hydrogens (tertiary/aromatic N) is 3.